The second-order valence-corrected chi connectivity index (χ2v) is 7.02. The van der Waals surface area contributed by atoms with Crippen LogP contribution >= 0.6 is 0 Å². The third kappa shape index (κ3) is 4.11. The van der Waals surface area contributed by atoms with E-state index in [4.69, 9.17) is 5.73 Å². The van der Waals surface area contributed by atoms with E-state index < -0.39 is 0 Å². The summed E-state index contributed by atoms with van der Waals surface area (Å²) in [5, 5.41) is 0. The highest BCUT2D eigenvalue weighted by Gasteiger charge is 2.25. The number of hydrogen-bond acceptors (Lipinski definition) is 3. The standard InChI is InChI=1S/C21H26FN3O/c1-15-13-24(8-9-25(15)16(2)26)14-18-4-3-5-19(10-18)20-11-17(12-23)6-7-21(20)22/h3-7,10-11,15H,8-9,12-14,23H2,1-2H3/t15-/m0/s1. The Kier molecular flexibility index (Phi) is 5.69. The van der Waals surface area contributed by atoms with Crippen molar-refractivity contribution in [3.63, 3.8) is 0 Å². The number of nitrogens with zero attached hydrogens (tertiary/aromatic N) is 2. The lowest BCUT2D eigenvalue weighted by molar-refractivity contribution is -0.133. The van der Waals surface area contributed by atoms with Gasteiger partial charge in [0.15, 0.2) is 0 Å². The SMILES string of the molecule is CC(=O)N1CCN(Cc2cccc(-c3cc(CN)ccc3F)c2)C[C@@H]1C. The Balaban J connectivity index is 1.75. The van der Waals surface area contributed by atoms with Crippen LogP contribution < -0.4 is 5.73 Å². The van der Waals surface area contributed by atoms with Gasteiger partial charge in [0.2, 0.25) is 5.91 Å². The van der Waals surface area contributed by atoms with Crippen LogP contribution in [0, 0.1) is 5.82 Å². The van der Waals surface area contributed by atoms with Gasteiger partial charge in [0, 0.05) is 51.3 Å². The highest BCUT2D eigenvalue weighted by molar-refractivity contribution is 5.73. The number of nitrogens with two attached hydrogens (primary N) is 1. The maximum atomic E-state index is 14.3. The predicted molar refractivity (Wildman–Crippen MR) is 102 cm³/mol. The van der Waals surface area contributed by atoms with Crippen molar-refractivity contribution < 1.29 is 9.18 Å². The van der Waals surface area contributed by atoms with Crippen molar-refractivity contribution in [1.29, 1.82) is 0 Å². The summed E-state index contributed by atoms with van der Waals surface area (Å²) in [7, 11) is 0. The van der Waals surface area contributed by atoms with Crippen LogP contribution in [0.25, 0.3) is 11.1 Å². The van der Waals surface area contributed by atoms with E-state index in [2.05, 4.69) is 17.9 Å². The van der Waals surface area contributed by atoms with Crippen LogP contribution in [0.3, 0.4) is 0 Å². The summed E-state index contributed by atoms with van der Waals surface area (Å²) in [6, 6.07) is 13.2. The smallest absolute Gasteiger partial charge is 0.219 e. The van der Waals surface area contributed by atoms with Gasteiger partial charge in [0.1, 0.15) is 5.82 Å². The fraction of sp³-hybridized carbons (Fsp3) is 0.381. The van der Waals surface area contributed by atoms with Crippen LogP contribution in [0.1, 0.15) is 25.0 Å². The molecule has 2 N–H and O–H groups in total. The van der Waals surface area contributed by atoms with Gasteiger partial charge in [0.05, 0.1) is 0 Å². The maximum absolute atomic E-state index is 14.3. The fourth-order valence-electron chi connectivity index (χ4n) is 3.66. The van der Waals surface area contributed by atoms with E-state index in [9.17, 15) is 9.18 Å². The molecule has 0 aliphatic carbocycles. The Morgan fingerprint density at radius 2 is 2.00 bits per heavy atom. The molecule has 1 fully saturated rings. The molecule has 0 unspecified atom stereocenters. The zero-order chi connectivity index (χ0) is 18.7. The van der Waals surface area contributed by atoms with Crippen molar-refractivity contribution in [1.82, 2.24) is 9.80 Å². The molecule has 26 heavy (non-hydrogen) atoms. The van der Waals surface area contributed by atoms with Gasteiger partial charge in [-0.25, -0.2) is 4.39 Å². The largest absolute Gasteiger partial charge is 0.338 e. The molecule has 1 atom stereocenters. The van der Waals surface area contributed by atoms with Crippen molar-refractivity contribution in [2.24, 2.45) is 5.73 Å². The minimum Gasteiger partial charge on any atom is -0.338 e. The second kappa shape index (κ2) is 7.98. The lowest BCUT2D eigenvalue weighted by Gasteiger charge is -2.39. The average molecular weight is 355 g/mol. The first-order chi connectivity index (χ1) is 12.5. The average Bonchev–Trinajstić information content (AvgIpc) is 2.62. The normalized spacial score (nSPS) is 18.2. The molecule has 2 aromatic carbocycles. The van der Waals surface area contributed by atoms with Crippen LogP contribution in [0.15, 0.2) is 42.5 Å². The molecule has 1 aliphatic heterocycles. The fourth-order valence-corrected chi connectivity index (χ4v) is 3.66. The van der Waals surface area contributed by atoms with Gasteiger partial charge in [0.25, 0.3) is 0 Å². The van der Waals surface area contributed by atoms with E-state index in [1.807, 2.05) is 29.2 Å². The van der Waals surface area contributed by atoms with Crippen LogP contribution in [-0.4, -0.2) is 41.4 Å². The summed E-state index contributed by atoms with van der Waals surface area (Å²) < 4.78 is 14.3. The lowest BCUT2D eigenvalue weighted by Crippen LogP contribution is -2.52. The first-order valence-corrected chi connectivity index (χ1v) is 9.05. The molecule has 138 valence electrons. The summed E-state index contributed by atoms with van der Waals surface area (Å²) in [6.07, 6.45) is 0. The number of carbonyl (C=O) groups excluding carboxylic acids is 1. The van der Waals surface area contributed by atoms with E-state index in [1.165, 1.54) is 6.07 Å². The molecular weight excluding hydrogens is 329 g/mol. The number of amides is 1. The Labute approximate surface area is 154 Å². The molecule has 4 nitrogen and oxygen atoms in total. The molecule has 3 rings (SSSR count). The lowest BCUT2D eigenvalue weighted by atomic mass is 10.00. The molecule has 2 aromatic rings. The van der Waals surface area contributed by atoms with E-state index >= 15 is 0 Å². The van der Waals surface area contributed by atoms with Crippen LogP contribution in [0.4, 0.5) is 4.39 Å². The quantitative estimate of drug-likeness (QED) is 0.917. The second-order valence-electron chi connectivity index (χ2n) is 7.02. The molecule has 0 bridgehead atoms. The molecule has 0 saturated carbocycles. The first kappa shape index (κ1) is 18.5. The zero-order valence-corrected chi connectivity index (χ0v) is 15.4. The van der Waals surface area contributed by atoms with Crippen LogP contribution in [0.2, 0.25) is 0 Å². The summed E-state index contributed by atoms with van der Waals surface area (Å²) in [4.78, 5) is 15.9. The van der Waals surface area contributed by atoms with Gasteiger partial charge in [-0.3, -0.25) is 9.69 Å². The van der Waals surface area contributed by atoms with Crippen molar-refractivity contribution in [2.45, 2.75) is 33.0 Å². The Morgan fingerprint density at radius 3 is 2.69 bits per heavy atom. The monoisotopic (exact) mass is 355 g/mol. The summed E-state index contributed by atoms with van der Waals surface area (Å²) >= 11 is 0. The number of benzene rings is 2. The number of rotatable bonds is 4. The highest BCUT2D eigenvalue weighted by atomic mass is 19.1. The predicted octanol–water partition coefficient (Wildman–Crippen LogP) is 3.00. The Bertz CT molecular complexity index is 793. The minimum atomic E-state index is -0.233. The van der Waals surface area contributed by atoms with E-state index in [0.717, 1.165) is 42.9 Å². The molecule has 1 aliphatic rings. The molecule has 0 spiro atoms. The van der Waals surface area contributed by atoms with Gasteiger partial charge in [-0.15, -0.1) is 0 Å². The van der Waals surface area contributed by atoms with Gasteiger partial charge in [-0.2, -0.15) is 0 Å². The first-order valence-electron chi connectivity index (χ1n) is 9.05. The van der Waals surface area contributed by atoms with Gasteiger partial charge >= 0.3 is 0 Å². The van der Waals surface area contributed by atoms with Crippen molar-refractivity contribution >= 4 is 5.91 Å². The van der Waals surface area contributed by atoms with E-state index in [1.54, 1.807) is 13.0 Å². The van der Waals surface area contributed by atoms with Crippen molar-refractivity contribution in [3.8, 4) is 11.1 Å². The van der Waals surface area contributed by atoms with Crippen LogP contribution in [-0.2, 0) is 17.9 Å². The van der Waals surface area contributed by atoms with Crippen molar-refractivity contribution in [2.75, 3.05) is 19.6 Å². The molecule has 1 amide bonds. The minimum absolute atomic E-state index is 0.134. The molecule has 0 radical (unpaired) electrons. The van der Waals surface area contributed by atoms with E-state index in [0.29, 0.717) is 12.1 Å². The molecule has 1 saturated heterocycles. The van der Waals surface area contributed by atoms with E-state index in [-0.39, 0.29) is 17.8 Å². The van der Waals surface area contributed by atoms with Gasteiger partial charge < -0.3 is 10.6 Å². The topological polar surface area (TPSA) is 49.6 Å². The third-order valence-corrected chi connectivity index (χ3v) is 5.03. The van der Waals surface area contributed by atoms with Crippen molar-refractivity contribution in [3.05, 3.63) is 59.4 Å². The molecule has 1 heterocycles. The summed E-state index contributed by atoms with van der Waals surface area (Å²) in [5.74, 6) is -0.0996. The number of halogens is 1. The molecule has 5 heteroatoms. The molecule has 0 aromatic heterocycles. The summed E-state index contributed by atoms with van der Waals surface area (Å²) in [5.41, 5.74) is 9.20. The maximum Gasteiger partial charge on any atom is 0.219 e. The van der Waals surface area contributed by atoms with Gasteiger partial charge in [-0.1, -0.05) is 24.3 Å². The number of piperazine rings is 1. The van der Waals surface area contributed by atoms with Gasteiger partial charge in [-0.05, 0) is 41.8 Å². The molecular formula is C21H26FN3O. The number of hydrogen-bond donors (Lipinski definition) is 1. The summed E-state index contributed by atoms with van der Waals surface area (Å²) in [6.45, 7) is 7.35. The highest BCUT2D eigenvalue weighted by Crippen LogP contribution is 2.25. The Hall–Kier alpha value is -2.24. The zero-order valence-electron chi connectivity index (χ0n) is 15.4. The van der Waals surface area contributed by atoms with Crippen LogP contribution in [0.5, 0.6) is 0 Å². The Morgan fingerprint density at radius 1 is 1.19 bits per heavy atom. The number of carbonyl (C=O) groups is 1. The third-order valence-electron chi connectivity index (χ3n) is 5.03.